The number of hydrogen-bond donors (Lipinski definition) is 3. The van der Waals surface area contributed by atoms with Crippen molar-refractivity contribution in [3.8, 4) is 0 Å². The minimum absolute atomic E-state index is 0.576. The van der Waals surface area contributed by atoms with Crippen LogP contribution in [0.2, 0.25) is 0 Å². The van der Waals surface area contributed by atoms with Crippen molar-refractivity contribution in [2.45, 2.75) is 19.1 Å². The molecule has 0 heterocycles. The van der Waals surface area contributed by atoms with Crippen molar-refractivity contribution in [1.29, 1.82) is 0 Å². The lowest BCUT2D eigenvalue weighted by Gasteiger charge is -2.08. The monoisotopic (exact) mass is 118 g/mol. The van der Waals surface area contributed by atoms with Crippen LogP contribution in [0.5, 0.6) is 0 Å². The number of primary amides is 1. The van der Waals surface area contributed by atoms with Crippen LogP contribution in [-0.4, -0.2) is 23.2 Å². The Morgan fingerprint density at radius 3 is 2.12 bits per heavy atom. The third kappa shape index (κ3) is 1.90. The molecule has 0 unspecified atom stereocenters. The fraction of sp³-hybridized carbons (Fsp3) is 0.750. The lowest BCUT2D eigenvalue weighted by atomic mass is 10.2. The van der Waals surface area contributed by atoms with Crippen LogP contribution >= 0.6 is 0 Å². The first-order valence-electron chi connectivity index (χ1n) is 2.28. The highest BCUT2D eigenvalue weighted by Crippen LogP contribution is 1.84. The molecule has 5 N–H and O–H groups in total. The van der Waals surface area contributed by atoms with Gasteiger partial charge >= 0.3 is 0 Å². The summed E-state index contributed by atoms with van der Waals surface area (Å²) in [5, 5.41) is 8.60. The Bertz CT molecular complexity index is 92.0. The number of amides is 1. The van der Waals surface area contributed by atoms with E-state index in [0.717, 1.165) is 0 Å². The molecule has 2 atom stereocenters. The average molecular weight is 118 g/mol. The summed E-state index contributed by atoms with van der Waals surface area (Å²) in [5.41, 5.74) is 9.75. The molecule has 0 aromatic rings. The molecular weight excluding hydrogens is 108 g/mol. The zero-order chi connectivity index (χ0) is 6.73. The predicted octanol–water partition coefficient (Wildman–Crippen LogP) is -1.82. The highest BCUT2D eigenvalue weighted by Gasteiger charge is 2.14. The van der Waals surface area contributed by atoms with Gasteiger partial charge < -0.3 is 16.6 Å². The van der Waals surface area contributed by atoms with Gasteiger partial charge in [-0.1, -0.05) is 0 Å². The van der Waals surface area contributed by atoms with Gasteiger partial charge in [0.2, 0.25) is 5.91 Å². The minimum Gasteiger partial charge on any atom is -0.382 e. The number of aliphatic hydroxyl groups is 1. The fourth-order valence-corrected chi connectivity index (χ4v) is 0.259. The Morgan fingerprint density at radius 1 is 1.75 bits per heavy atom. The van der Waals surface area contributed by atoms with Crippen LogP contribution in [0.3, 0.4) is 0 Å². The van der Waals surface area contributed by atoms with Crippen LogP contribution in [-0.2, 0) is 4.79 Å². The maximum Gasteiger partial charge on any atom is 0.247 e. The van der Waals surface area contributed by atoms with Gasteiger partial charge in [-0.3, -0.25) is 4.79 Å². The van der Waals surface area contributed by atoms with Crippen molar-refractivity contribution in [3.05, 3.63) is 0 Å². The van der Waals surface area contributed by atoms with Crippen molar-refractivity contribution < 1.29 is 9.90 Å². The van der Waals surface area contributed by atoms with Gasteiger partial charge in [-0.05, 0) is 6.92 Å². The van der Waals surface area contributed by atoms with E-state index in [-0.39, 0.29) is 0 Å². The van der Waals surface area contributed by atoms with Crippen molar-refractivity contribution in [1.82, 2.24) is 0 Å². The second kappa shape index (κ2) is 2.64. The largest absolute Gasteiger partial charge is 0.382 e. The first kappa shape index (κ1) is 7.39. The molecule has 0 saturated heterocycles. The Balaban J connectivity index is 3.64. The van der Waals surface area contributed by atoms with E-state index in [2.05, 4.69) is 5.73 Å². The molecule has 0 aromatic carbocycles. The second-order valence-corrected chi connectivity index (χ2v) is 1.71. The molecule has 0 aliphatic heterocycles. The molecule has 0 aromatic heterocycles. The van der Waals surface area contributed by atoms with Gasteiger partial charge in [-0.2, -0.15) is 0 Å². The molecule has 0 aliphatic rings. The van der Waals surface area contributed by atoms with Crippen LogP contribution in [0.1, 0.15) is 6.92 Å². The van der Waals surface area contributed by atoms with Gasteiger partial charge in [-0.15, -0.1) is 0 Å². The van der Waals surface area contributed by atoms with E-state index in [1.54, 1.807) is 0 Å². The van der Waals surface area contributed by atoms with E-state index in [9.17, 15) is 4.79 Å². The van der Waals surface area contributed by atoms with Crippen LogP contribution in [0.4, 0.5) is 0 Å². The van der Waals surface area contributed by atoms with E-state index in [4.69, 9.17) is 10.8 Å². The van der Waals surface area contributed by atoms with Gasteiger partial charge in [0, 0.05) is 6.04 Å². The Morgan fingerprint density at radius 2 is 2.12 bits per heavy atom. The summed E-state index contributed by atoms with van der Waals surface area (Å²) in [6, 6.07) is -0.576. The lowest BCUT2D eigenvalue weighted by molar-refractivity contribution is -0.126. The van der Waals surface area contributed by atoms with Gasteiger partial charge in [-0.25, -0.2) is 0 Å². The number of rotatable bonds is 2. The molecule has 4 heteroatoms. The Hall–Kier alpha value is -0.610. The summed E-state index contributed by atoms with van der Waals surface area (Å²) in [6.45, 7) is 1.51. The molecular formula is C4H10N2O2. The summed E-state index contributed by atoms with van der Waals surface area (Å²) in [7, 11) is 0. The third-order valence-corrected chi connectivity index (χ3v) is 0.790. The SMILES string of the molecule is C[C@@H](N)[C@H](O)C(N)=O. The molecule has 4 nitrogen and oxygen atoms in total. The average Bonchev–Trinajstić information content (AvgIpc) is 1.64. The minimum atomic E-state index is -1.21. The molecule has 1 amide bonds. The molecule has 8 heavy (non-hydrogen) atoms. The van der Waals surface area contributed by atoms with E-state index in [1.807, 2.05) is 0 Å². The fourth-order valence-electron chi connectivity index (χ4n) is 0.259. The summed E-state index contributed by atoms with van der Waals surface area (Å²) >= 11 is 0. The van der Waals surface area contributed by atoms with E-state index in [0.29, 0.717) is 0 Å². The summed E-state index contributed by atoms with van der Waals surface area (Å²) in [6.07, 6.45) is -1.21. The first-order valence-corrected chi connectivity index (χ1v) is 2.28. The van der Waals surface area contributed by atoms with Gasteiger partial charge in [0.25, 0.3) is 0 Å². The maximum atomic E-state index is 10.0. The molecule has 0 saturated carbocycles. The Kier molecular flexibility index (Phi) is 2.44. The van der Waals surface area contributed by atoms with Crippen molar-refractivity contribution in [2.24, 2.45) is 11.5 Å². The highest BCUT2D eigenvalue weighted by molar-refractivity contribution is 5.79. The molecule has 0 aliphatic carbocycles. The third-order valence-electron chi connectivity index (χ3n) is 0.790. The zero-order valence-corrected chi connectivity index (χ0v) is 4.66. The summed E-state index contributed by atoms with van der Waals surface area (Å²) in [5.74, 6) is -0.778. The molecule has 0 rings (SSSR count). The number of carbonyl (C=O) groups excluding carboxylic acids is 1. The molecule has 0 bridgehead atoms. The van der Waals surface area contributed by atoms with Gasteiger partial charge in [0.15, 0.2) is 0 Å². The van der Waals surface area contributed by atoms with Crippen LogP contribution < -0.4 is 11.5 Å². The first-order chi connectivity index (χ1) is 3.55. The quantitative estimate of drug-likeness (QED) is 0.399. The highest BCUT2D eigenvalue weighted by atomic mass is 16.3. The van der Waals surface area contributed by atoms with Crippen LogP contribution in [0.25, 0.3) is 0 Å². The van der Waals surface area contributed by atoms with Gasteiger partial charge in [0.05, 0.1) is 0 Å². The topological polar surface area (TPSA) is 89.3 Å². The van der Waals surface area contributed by atoms with Gasteiger partial charge in [0.1, 0.15) is 6.10 Å². The normalized spacial score (nSPS) is 17.4. The molecule has 0 fully saturated rings. The molecule has 48 valence electrons. The predicted molar refractivity (Wildman–Crippen MR) is 28.9 cm³/mol. The summed E-state index contributed by atoms with van der Waals surface area (Å²) < 4.78 is 0. The van der Waals surface area contributed by atoms with Crippen molar-refractivity contribution >= 4 is 5.91 Å². The lowest BCUT2D eigenvalue weighted by Crippen LogP contribution is -2.41. The molecule has 0 radical (unpaired) electrons. The van der Waals surface area contributed by atoms with E-state index in [1.165, 1.54) is 6.92 Å². The van der Waals surface area contributed by atoms with Crippen molar-refractivity contribution in [3.63, 3.8) is 0 Å². The van der Waals surface area contributed by atoms with E-state index >= 15 is 0 Å². The van der Waals surface area contributed by atoms with Crippen LogP contribution in [0, 0.1) is 0 Å². The van der Waals surface area contributed by atoms with Crippen LogP contribution in [0.15, 0.2) is 0 Å². The number of nitrogens with two attached hydrogens (primary N) is 2. The molecule has 0 spiro atoms. The maximum absolute atomic E-state index is 10.0. The van der Waals surface area contributed by atoms with E-state index < -0.39 is 18.1 Å². The summed E-state index contributed by atoms with van der Waals surface area (Å²) in [4.78, 5) is 10.0. The second-order valence-electron chi connectivity index (χ2n) is 1.71. The number of hydrogen-bond acceptors (Lipinski definition) is 3. The Labute approximate surface area is 47.5 Å². The standard InChI is InChI=1S/C4H10N2O2/c1-2(5)3(7)4(6)8/h2-3,7H,5H2,1H3,(H2,6,8)/t2-,3+/m1/s1. The number of carbonyl (C=O) groups is 1. The smallest absolute Gasteiger partial charge is 0.247 e. The number of aliphatic hydroxyl groups excluding tert-OH is 1. The van der Waals surface area contributed by atoms with Crippen molar-refractivity contribution in [2.75, 3.05) is 0 Å². The zero-order valence-electron chi connectivity index (χ0n) is 4.66.